The predicted octanol–water partition coefficient (Wildman–Crippen LogP) is 2.58. The maximum Gasteiger partial charge on any atom is 0.251 e. The molecule has 0 bridgehead atoms. The summed E-state index contributed by atoms with van der Waals surface area (Å²) in [5, 5.41) is 7.61. The number of rotatable bonds is 8. The number of hydrogen-bond donors (Lipinski definition) is 1. The molecule has 1 aromatic carbocycles. The molecule has 0 spiro atoms. The van der Waals surface area contributed by atoms with Crippen molar-refractivity contribution in [1.29, 1.82) is 0 Å². The van der Waals surface area contributed by atoms with Crippen LogP contribution in [0.25, 0.3) is 0 Å². The molecule has 0 aliphatic heterocycles. The molecule has 0 atom stereocenters. The van der Waals surface area contributed by atoms with Crippen LogP contribution in [-0.4, -0.2) is 41.2 Å². The zero-order valence-electron chi connectivity index (χ0n) is 16.1. The first-order valence-corrected chi connectivity index (χ1v) is 9.01. The van der Waals surface area contributed by atoms with Crippen LogP contribution in [0.2, 0.25) is 0 Å². The van der Waals surface area contributed by atoms with E-state index in [4.69, 9.17) is 0 Å². The highest BCUT2D eigenvalue weighted by Crippen LogP contribution is 2.15. The molecule has 0 unspecified atom stereocenters. The van der Waals surface area contributed by atoms with Crippen LogP contribution < -0.4 is 5.32 Å². The lowest BCUT2D eigenvalue weighted by molar-refractivity contribution is 0.0950. The molecule has 1 amide bonds. The van der Waals surface area contributed by atoms with Gasteiger partial charge in [0.05, 0.1) is 5.69 Å². The van der Waals surface area contributed by atoms with Crippen molar-refractivity contribution in [3.8, 4) is 0 Å². The maximum absolute atomic E-state index is 12.5. The second kappa shape index (κ2) is 8.81. The summed E-state index contributed by atoms with van der Waals surface area (Å²) in [6.45, 7) is 5.75. The highest BCUT2D eigenvalue weighted by atomic mass is 16.1. The molecule has 0 aliphatic rings. The molecule has 0 aliphatic carbocycles. The monoisotopic (exact) mass is 342 g/mol. The van der Waals surface area contributed by atoms with Gasteiger partial charge in [-0.15, -0.1) is 0 Å². The van der Waals surface area contributed by atoms with Crippen molar-refractivity contribution in [2.24, 2.45) is 7.05 Å². The van der Waals surface area contributed by atoms with E-state index in [1.165, 1.54) is 11.3 Å². The number of carbonyl (C=O) groups excluding carboxylic acids is 1. The quantitative estimate of drug-likeness (QED) is 0.802. The first kappa shape index (κ1) is 19.2. The van der Waals surface area contributed by atoms with Crippen LogP contribution in [0, 0.1) is 0 Å². The Hall–Kier alpha value is -2.14. The number of hydrogen-bond acceptors (Lipinski definition) is 3. The van der Waals surface area contributed by atoms with Crippen LogP contribution in [0.4, 0.5) is 0 Å². The van der Waals surface area contributed by atoms with E-state index in [0.717, 1.165) is 37.1 Å². The van der Waals surface area contributed by atoms with Crippen LogP contribution >= 0.6 is 0 Å². The summed E-state index contributed by atoms with van der Waals surface area (Å²) >= 11 is 0. The van der Waals surface area contributed by atoms with Gasteiger partial charge in [-0.25, -0.2) is 0 Å². The molecule has 2 rings (SSSR count). The lowest BCUT2D eigenvalue weighted by atomic mass is 10.1. The summed E-state index contributed by atoms with van der Waals surface area (Å²) in [4.78, 5) is 14.6. The van der Waals surface area contributed by atoms with E-state index >= 15 is 0 Å². The molecule has 2 aromatic rings. The Balaban J connectivity index is 2.01. The Bertz CT molecular complexity index is 701. The van der Waals surface area contributed by atoms with E-state index < -0.39 is 0 Å². The number of carbonyl (C=O) groups is 1. The number of likely N-dealkylation sites (N-methyl/N-ethyl adjacent to an activating group) is 1. The summed E-state index contributed by atoms with van der Waals surface area (Å²) in [5.41, 5.74) is 5.37. The Morgan fingerprint density at radius 3 is 2.40 bits per heavy atom. The van der Waals surface area contributed by atoms with Gasteiger partial charge < -0.3 is 10.2 Å². The smallest absolute Gasteiger partial charge is 0.251 e. The van der Waals surface area contributed by atoms with Crippen LogP contribution in [0.3, 0.4) is 0 Å². The first-order chi connectivity index (χ1) is 12.0. The van der Waals surface area contributed by atoms with Crippen molar-refractivity contribution in [1.82, 2.24) is 20.0 Å². The zero-order chi connectivity index (χ0) is 18.4. The van der Waals surface area contributed by atoms with Crippen LogP contribution in [-0.2, 0) is 32.9 Å². The molecule has 136 valence electrons. The number of nitrogens with zero attached hydrogens (tertiary/aromatic N) is 3. The SMILES string of the molecule is CCc1nn(C)c(CC)c1CNC(=O)c1ccc(CCN(C)C)cc1. The van der Waals surface area contributed by atoms with Crippen LogP contribution in [0.5, 0.6) is 0 Å². The minimum Gasteiger partial charge on any atom is -0.348 e. The molecular formula is C20H30N4O. The van der Waals surface area contributed by atoms with Crippen molar-refractivity contribution >= 4 is 5.91 Å². The first-order valence-electron chi connectivity index (χ1n) is 9.01. The lowest BCUT2D eigenvalue weighted by Crippen LogP contribution is -2.24. The second-order valence-electron chi connectivity index (χ2n) is 6.64. The minimum atomic E-state index is -0.0351. The molecule has 1 heterocycles. The Labute approximate surface area is 151 Å². The topological polar surface area (TPSA) is 50.2 Å². The molecule has 1 aromatic heterocycles. The molecule has 5 nitrogen and oxygen atoms in total. The van der Waals surface area contributed by atoms with Crippen molar-refractivity contribution in [3.63, 3.8) is 0 Å². The number of benzene rings is 1. The molecular weight excluding hydrogens is 312 g/mol. The standard InChI is InChI=1S/C20H30N4O/c1-6-18-17(19(7-2)24(5)22-18)14-21-20(25)16-10-8-15(9-11-16)12-13-23(3)4/h8-11H,6-7,12-14H2,1-5H3,(H,21,25). The van der Waals surface area contributed by atoms with E-state index in [9.17, 15) is 4.79 Å². The summed E-state index contributed by atoms with van der Waals surface area (Å²) in [7, 11) is 6.10. The molecule has 0 radical (unpaired) electrons. The summed E-state index contributed by atoms with van der Waals surface area (Å²) in [6, 6.07) is 7.89. The largest absolute Gasteiger partial charge is 0.348 e. The number of amides is 1. The highest BCUT2D eigenvalue weighted by Gasteiger charge is 2.15. The molecule has 5 heteroatoms. The Morgan fingerprint density at radius 2 is 1.84 bits per heavy atom. The van der Waals surface area contributed by atoms with E-state index in [-0.39, 0.29) is 5.91 Å². The predicted molar refractivity (Wildman–Crippen MR) is 102 cm³/mol. The van der Waals surface area contributed by atoms with Gasteiger partial charge in [0.15, 0.2) is 0 Å². The van der Waals surface area contributed by atoms with E-state index in [1.807, 2.05) is 36.0 Å². The maximum atomic E-state index is 12.5. The Morgan fingerprint density at radius 1 is 1.16 bits per heavy atom. The van der Waals surface area contributed by atoms with Gasteiger partial charge in [0.2, 0.25) is 0 Å². The third-order valence-electron chi connectivity index (χ3n) is 4.52. The highest BCUT2D eigenvalue weighted by molar-refractivity contribution is 5.94. The van der Waals surface area contributed by atoms with E-state index in [2.05, 4.69) is 43.3 Å². The summed E-state index contributed by atoms with van der Waals surface area (Å²) in [6.07, 6.45) is 2.78. The van der Waals surface area contributed by atoms with Gasteiger partial charge in [0.25, 0.3) is 5.91 Å². The molecule has 0 saturated carbocycles. The van der Waals surface area contributed by atoms with Gasteiger partial charge in [-0.1, -0.05) is 26.0 Å². The van der Waals surface area contributed by atoms with Gasteiger partial charge in [-0.05, 0) is 51.1 Å². The number of aromatic nitrogens is 2. The third-order valence-corrected chi connectivity index (χ3v) is 4.52. The summed E-state index contributed by atoms with van der Waals surface area (Å²) < 4.78 is 1.93. The molecule has 0 saturated heterocycles. The van der Waals surface area contributed by atoms with Gasteiger partial charge in [-0.2, -0.15) is 5.10 Å². The van der Waals surface area contributed by atoms with Crippen molar-refractivity contribution in [2.75, 3.05) is 20.6 Å². The zero-order valence-corrected chi connectivity index (χ0v) is 16.1. The van der Waals surface area contributed by atoms with Gasteiger partial charge in [0.1, 0.15) is 0 Å². The van der Waals surface area contributed by atoms with Crippen LogP contribution in [0.15, 0.2) is 24.3 Å². The fourth-order valence-corrected chi connectivity index (χ4v) is 3.04. The van der Waals surface area contributed by atoms with Crippen molar-refractivity contribution < 1.29 is 4.79 Å². The number of nitrogens with one attached hydrogen (secondary N) is 1. The van der Waals surface area contributed by atoms with Crippen LogP contribution in [0.1, 0.15) is 46.7 Å². The summed E-state index contributed by atoms with van der Waals surface area (Å²) in [5.74, 6) is -0.0351. The van der Waals surface area contributed by atoms with E-state index in [0.29, 0.717) is 12.1 Å². The van der Waals surface area contributed by atoms with Gasteiger partial charge >= 0.3 is 0 Å². The molecule has 0 fully saturated rings. The van der Waals surface area contributed by atoms with Crippen molar-refractivity contribution in [2.45, 2.75) is 39.7 Å². The average molecular weight is 342 g/mol. The normalized spacial score (nSPS) is 11.1. The fraction of sp³-hybridized carbons (Fsp3) is 0.500. The van der Waals surface area contributed by atoms with Gasteiger partial charge in [-0.3, -0.25) is 9.48 Å². The minimum absolute atomic E-state index is 0.0351. The number of aryl methyl sites for hydroxylation is 2. The molecule has 1 N–H and O–H groups in total. The lowest BCUT2D eigenvalue weighted by Gasteiger charge is -2.10. The third kappa shape index (κ3) is 4.92. The average Bonchev–Trinajstić information content (AvgIpc) is 2.92. The Kier molecular flexibility index (Phi) is 6.76. The van der Waals surface area contributed by atoms with E-state index in [1.54, 1.807) is 0 Å². The van der Waals surface area contributed by atoms with Gasteiger partial charge in [0, 0.05) is 37.0 Å². The second-order valence-corrected chi connectivity index (χ2v) is 6.64. The van der Waals surface area contributed by atoms with Crippen molar-refractivity contribution in [3.05, 3.63) is 52.3 Å². The fourth-order valence-electron chi connectivity index (χ4n) is 3.04. The molecule has 25 heavy (non-hydrogen) atoms.